The SMILES string of the molecule is C=CC(=O)NCCCC(C)N(C)CC. The van der Waals surface area contributed by atoms with Gasteiger partial charge in [-0.3, -0.25) is 4.79 Å². The van der Waals surface area contributed by atoms with Crippen LogP contribution in [0.25, 0.3) is 0 Å². The van der Waals surface area contributed by atoms with Gasteiger partial charge in [0.05, 0.1) is 0 Å². The number of hydrogen-bond donors (Lipinski definition) is 1. The van der Waals surface area contributed by atoms with Gasteiger partial charge in [-0.2, -0.15) is 0 Å². The topological polar surface area (TPSA) is 32.3 Å². The number of rotatable bonds is 7. The summed E-state index contributed by atoms with van der Waals surface area (Å²) in [6.07, 6.45) is 3.44. The maximum Gasteiger partial charge on any atom is 0.243 e. The lowest BCUT2D eigenvalue weighted by Gasteiger charge is -2.22. The Morgan fingerprint density at radius 3 is 2.79 bits per heavy atom. The lowest BCUT2D eigenvalue weighted by atomic mass is 10.1. The standard InChI is InChI=1S/C11H22N2O/c1-5-11(14)12-9-7-8-10(3)13(4)6-2/h5,10H,1,6-9H2,2-4H3,(H,12,14). The van der Waals surface area contributed by atoms with Gasteiger partial charge in [-0.05, 0) is 39.4 Å². The minimum Gasteiger partial charge on any atom is -0.353 e. The Bertz CT molecular complexity index is 180. The fourth-order valence-electron chi connectivity index (χ4n) is 1.21. The molecule has 1 N–H and O–H groups in total. The van der Waals surface area contributed by atoms with Crippen molar-refractivity contribution in [3.05, 3.63) is 12.7 Å². The van der Waals surface area contributed by atoms with Crippen LogP contribution < -0.4 is 5.32 Å². The molecule has 0 aromatic carbocycles. The van der Waals surface area contributed by atoms with Gasteiger partial charge < -0.3 is 10.2 Å². The molecule has 1 atom stereocenters. The van der Waals surface area contributed by atoms with E-state index in [0.717, 1.165) is 25.9 Å². The van der Waals surface area contributed by atoms with Crippen LogP contribution in [0.15, 0.2) is 12.7 Å². The van der Waals surface area contributed by atoms with Crippen LogP contribution in [0.4, 0.5) is 0 Å². The molecule has 0 bridgehead atoms. The third-order valence-electron chi connectivity index (χ3n) is 2.53. The second-order valence-corrected chi connectivity index (χ2v) is 3.56. The molecule has 3 nitrogen and oxygen atoms in total. The van der Waals surface area contributed by atoms with Crippen molar-refractivity contribution in [3.8, 4) is 0 Å². The van der Waals surface area contributed by atoms with Crippen LogP contribution in [0.1, 0.15) is 26.7 Å². The summed E-state index contributed by atoms with van der Waals surface area (Å²) in [4.78, 5) is 13.1. The zero-order valence-corrected chi connectivity index (χ0v) is 9.55. The van der Waals surface area contributed by atoms with E-state index in [-0.39, 0.29) is 5.91 Å². The van der Waals surface area contributed by atoms with Gasteiger partial charge in [0.1, 0.15) is 0 Å². The van der Waals surface area contributed by atoms with E-state index >= 15 is 0 Å². The van der Waals surface area contributed by atoms with Crippen LogP contribution in [0.3, 0.4) is 0 Å². The molecule has 0 fully saturated rings. The number of carbonyl (C=O) groups excluding carboxylic acids is 1. The molecule has 0 spiro atoms. The molecule has 14 heavy (non-hydrogen) atoms. The van der Waals surface area contributed by atoms with Crippen molar-refractivity contribution < 1.29 is 4.79 Å². The summed E-state index contributed by atoms with van der Waals surface area (Å²) in [6, 6.07) is 0.584. The van der Waals surface area contributed by atoms with Gasteiger partial charge in [-0.25, -0.2) is 0 Å². The summed E-state index contributed by atoms with van der Waals surface area (Å²) in [7, 11) is 2.12. The Kier molecular flexibility index (Phi) is 7.11. The highest BCUT2D eigenvalue weighted by Gasteiger charge is 2.05. The third-order valence-corrected chi connectivity index (χ3v) is 2.53. The van der Waals surface area contributed by atoms with Crippen molar-refractivity contribution in [2.75, 3.05) is 20.1 Å². The normalized spacial score (nSPS) is 12.6. The Hall–Kier alpha value is -0.830. The Labute approximate surface area is 87.2 Å². The molecule has 0 aromatic heterocycles. The first-order chi connectivity index (χ1) is 6.61. The van der Waals surface area contributed by atoms with E-state index in [1.54, 1.807) is 0 Å². The van der Waals surface area contributed by atoms with E-state index in [0.29, 0.717) is 6.04 Å². The van der Waals surface area contributed by atoms with Gasteiger partial charge >= 0.3 is 0 Å². The molecule has 0 aliphatic rings. The lowest BCUT2D eigenvalue weighted by Crippen LogP contribution is -2.30. The van der Waals surface area contributed by atoms with Crippen LogP contribution >= 0.6 is 0 Å². The number of hydrogen-bond acceptors (Lipinski definition) is 2. The predicted molar refractivity (Wildman–Crippen MR) is 60.2 cm³/mol. The summed E-state index contributed by atoms with van der Waals surface area (Å²) in [5, 5.41) is 2.77. The minimum atomic E-state index is -0.0819. The Morgan fingerprint density at radius 1 is 1.64 bits per heavy atom. The smallest absolute Gasteiger partial charge is 0.243 e. The molecule has 1 amide bonds. The van der Waals surface area contributed by atoms with Gasteiger partial charge in [0, 0.05) is 12.6 Å². The number of amides is 1. The van der Waals surface area contributed by atoms with Crippen molar-refractivity contribution >= 4 is 5.91 Å². The summed E-state index contributed by atoms with van der Waals surface area (Å²) in [5.41, 5.74) is 0. The van der Waals surface area contributed by atoms with E-state index in [1.807, 2.05) is 0 Å². The monoisotopic (exact) mass is 198 g/mol. The third kappa shape index (κ3) is 5.75. The maximum atomic E-state index is 10.8. The molecule has 0 aliphatic carbocycles. The van der Waals surface area contributed by atoms with Gasteiger partial charge in [0.25, 0.3) is 0 Å². The van der Waals surface area contributed by atoms with Crippen molar-refractivity contribution in [1.82, 2.24) is 10.2 Å². The molecule has 0 heterocycles. The highest BCUT2D eigenvalue weighted by Crippen LogP contribution is 2.02. The van der Waals surface area contributed by atoms with Crippen LogP contribution in [0.5, 0.6) is 0 Å². The number of nitrogens with zero attached hydrogens (tertiary/aromatic N) is 1. The largest absolute Gasteiger partial charge is 0.353 e. The van der Waals surface area contributed by atoms with Crippen molar-refractivity contribution in [3.63, 3.8) is 0 Å². The highest BCUT2D eigenvalue weighted by molar-refractivity contribution is 5.86. The fraction of sp³-hybridized carbons (Fsp3) is 0.727. The first-order valence-corrected chi connectivity index (χ1v) is 5.22. The van der Waals surface area contributed by atoms with Gasteiger partial charge in [0.2, 0.25) is 5.91 Å². The molecule has 1 unspecified atom stereocenters. The molecule has 0 aromatic rings. The van der Waals surface area contributed by atoms with Gasteiger partial charge in [-0.15, -0.1) is 0 Å². The molecule has 0 rings (SSSR count). The molecule has 0 aliphatic heterocycles. The summed E-state index contributed by atoms with van der Waals surface area (Å²) >= 11 is 0. The van der Waals surface area contributed by atoms with E-state index in [2.05, 4.69) is 37.7 Å². The van der Waals surface area contributed by atoms with Gasteiger partial charge in [-0.1, -0.05) is 13.5 Å². The van der Waals surface area contributed by atoms with Crippen molar-refractivity contribution in [2.45, 2.75) is 32.7 Å². The van der Waals surface area contributed by atoms with Crippen LogP contribution in [0, 0.1) is 0 Å². The number of carbonyl (C=O) groups is 1. The second-order valence-electron chi connectivity index (χ2n) is 3.56. The molecule has 82 valence electrons. The average molecular weight is 198 g/mol. The first-order valence-electron chi connectivity index (χ1n) is 5.22. The van der Waals surface area contributed by atoms with Crippen LogP contribution in [0.2, 0.25) is 0 Å². The lowest BCUT2D eigenvalue weighted by molar-refractivity contribution is -0.116. The van der Waals surface area contributed by atoms with E-state index in [9.17, 15) is 4.79 Å². The fourth-order valence-corrected chi connectivity index (χ4v) is 1.21. The van der Waals surface area contributed by atoms with Crippen LogP contribution in [-0.2, 0) is 4.79 Å². The average Bonchev–Trinajstić information content (AvgIpc) is 2.22. The van der Waals surface area contributed by atoms with Crippen molar-refractivity contribution in [2.24, 2.45) is 0 Å². The zero-order valence-electron chi connectivity index (χ0n) is 9.55. The molecule has 0 radical (unpaired) electrons. The van der Waals surface area contributed by atoms with Crippen LogP contribution in [-0.4, -0.2) is 37.0 Å². The molecule has 3 heteroatoms. The molecule has 0 saturated carbocycles. The highest BCUT2D eigenvalue weighted by atomic mass is 16.1. The molecular formula is C11H22N2O. The molecular weight excluding hydrogens is 176 g/mol. The zero-order chi connectivity index (χ0) is 11.0. The molecule has 0 saturated heterocycles. The maximum absolute atomic E-state index is 10.8. The summed E-state index contributed by atoms with van der Waals surface area (Å²) in [5.74, 6) is -0.0819. The first kappa shape index (κ1) is 13.2. The number of nitrogens with one attached hydrogen (secondary N) is 1. The summed E-state index contributed by atoms with van der Waals surface area (Å²) in [6.45, 7) is 9.56. The van der Waals surface area contributed by atoms with Crippen molar-refractivity contribution in [1.29, 1.82) is 0 Å². The summed E-state index contributed by atoms with van der Waals surface area (Å²) < 4.78 is 0. The quantitative estimate of drug-likeness (QED) is 0.495. The Balaban J connectivity index is 3.44. The van der Waals surface area contributed by atoms with Gasteiger partial charge in [0.15, 0.2) is 0 Å². The van der Waals surface area contributed by atoms with E-state index in [1.165, 1.54) is 6.08 Å². The Morgan fingerprint density at radius 2 is 2.29 bits per heavy atom. The predicted octanol–water partition coefficient (Wildman–Crippen LogP) is 1.41. The van der Waals surface area contributed by atoms with E-state index in [4.69, 9.17) is 0 Å². The minimum absolute atomic E-state index is 0.0819. The van der Waals surface area contributed by atoms with E-state index < -0.39 is 0 Å². The second kappa shape index (κ2) is 7.56.